The van der Waals surface area contributed by atoms with Gasteiger partial charge < -0.3 is 32.2 Å². The van der Waals surface area contributed by atoms with E-state index in [0.29, 0.717) is 38.2 Å². The summed E-state index contributed by atoms with van der Waals surface area (Å²) in [7, 11) is 0. The van der Waals surface area contributed by atoms with E-state index in [0.717, 1.165) is 5.56 Å². The van der Waals surface area contributed by atoms with Crippen LogP contribution in [0.2, 0.25) is 0 Å². The summed E-state index contributed by atoms with van der Waals surface area (Å²) in [5.41, 5.74) is 11.4. The standard InChI is InChI=1S/C23H35N5O5/c1-3-14-33-18-9-7-17(8-10-18)15-20(27-16(2)29)23(32)28-19(6-4-5-12-24)22(31)26-13-11-21(25)30/h3,7-10,19-20H,1,4-6,11-15,24H2,2H3,(H2,25,30)(H,26,31)(H,27,29)(H,28,32)/t19-,20-/m0/s1. The minimum atomic E-state index is -0.877. The van der Waals surface area contributed by atoms with E-state index in [4.69, 9.17) is 16.2 Å². The Balaban J connectivity index is 2.86. The number of primary amides is 1. The number of ether oxygens (including phenoxy) is 1. The van der Waals surface area contributed by atoms with Crippen LogP contribution in [0.15, 0.2) is 36.9 Å². The van der Waals surface area contributed by atoms with E-state index < -0.39 is 29.8 Å². The summed E-state index contributed by atoms with van der Waals surface area (Å²) in [5.74, 6) is -1.16. The SMILES string of the molecule is C=CCOc1ccc(C[C@H](NC(C)=O)C(=O)N[C@@H](CCCCN)C(=O)NCCC(N)=O)cc1. The van der Waals surface area contributed by atoms with E-state index in [2.05, 4.69) is 22.5 Å². The molecule has 1 aromatic carbocycles. The highest BCUT2D eigenvalue weighted by molar-refractivity contribution is 5.92. The van der Waals surface area contributed by atoms with Crippen LogP contribution in [0.25, 0.3) is 0 Å². The van der Waals surface area contributed by atoms with Gasteiger partial charge >= 0.3 is 0 Å². The molecule has 0 aliphatic heterocycles. The van der Waals surface area contributed by atoms with E-state index in [9.17, 15) is 19.2 Å². The lowest BCUT2D eigenvalue weighted by molar-refractivity contribution is -0.131. The minimum Gasteiger partial charge on any atom is -0.490 e. The van der Waals surface area contributed by atoms with Gasteiger partial charge in [-0.3, -0.25) is 19.2 Å². The molecule has 33 heavy (non-hydrogen) atoms. The number of unbranched alkanes of at least 4 members (excludes halogenated alkanes) is 1. The van der Waals surface area contributed by atoms with Gasteiger partial charge in [0, 0.05) is 26.3 Å². The highest BCUT2D eigenvalue weighted by atomic mass is 16.5. The number of benzene rings is 1. The van der Waals surface area contributed by atoms with Crippen LogP contribution in [0, 0.1) is 0 Å². The Bertz CT molecular complexity index is 797. The van der Waals surface area contributed by atoms with Crippen molar-refractivity contribution in [1.82, 2.24) is 16.0 Å². The highest BCUT2D eigenvalue weighted by Gasteiger charge is 2.26. The van der Waals surface area contributed by atoms with Gasteiger partial charge in [-0.2, -0.15) is 0 Å². The third-order valence-electron chi connectivity index (χ3n) is 4.68. The van der Waals surface area contributed by atoms with Crippen LogP contribution in [0.1, 0.15) is 38.2 Å². The first kappa shape index (κ1) is 27.6. The Hall–Kier alpha value is -3.40. The van der Waals surface area contributed by atoms with Gasteiger partial charge in [0.25, 0.3) is 0 Å². The van der Waals surface area contributed by atoms with Crippen molar-refractivity contribution in [3.8, 4) is 5.75 Å². The molecule has 0 aromatic heterocycles. The highest BCUT2D eigenvalue weighted by Crippen LogP contribution is 2.14. The van der Waals surface area contributed by atoms with Crippen LogP contribution in [0.3, 0.4) is 0 Å². The number of hydrogen-bond donors (Lipinski definition) is 5. The third kappa shape index (κ3) is 11.7. The van der Waals surface area contributed by atoms with Gasteiger partial charge in [0.15, 0.2) is 0 Å². The number of carbonyl (C=O) groups is 4. The monoisotopic (exact) mass is 461 g/mol. The molecule has 7 N–H and O–H groups in total. The molecule has 0 aliphatic carbocycles. The molecule has 10 nitrogen and oxygen atoms in total. The van der Waals surface area contributed by atoms with Crippen LogP contribution in [-0.2, 0) is 25.6 Å². The van der Waals surface area contributed by atoms with Gasteiger partial charge in [0.1, 0.15) is 24.4 Å². The van der Waals surface area contributed by atoms with Crippen LogP contribution in [-0.4, -0.2) is 55.4 Å². The Labute approximate surface area is 194 Å². The predicted molar refractivity (Wildman–Crippen MR) is 125 cm³/mol. The van der Waals surface area contributed by atoms with Crippen molar-refractivity contribution in [3.05, 3.63) is 42.5 Å². The molecule has 1 rings (SSSR count). The number of rotatable bonds is 16. The van der Waals surface area contributed by atoms with E-state index in [-0.39, 0.29) is 25.3 Å². The van der Waals surface area contributed by atoms with Gasteiger partial charge in [-0.05, 0) is 43.5 Å². The van der Waals surface area contributed by atoms with Crippen molar-refractivity contribution in [2.24, 2.45) is 11.5 Å². The van der Waals surface area contributed by atoms with E-state index >= 15 is 0 Å². The Morgan fingerprint density at radius 1 is 1.06 bits per heavy atom. The first-order chi connectivity index (χ1) is 15.8. The molecule has 0 heterocycles. The molecular weight excluding hydrogens is 426 g/mol. The average Bonchev–Trinajstić information content (AvgIpc) is 2.76. The molecule has 0 fully saturated rings. The van der Waals surface area contributed by atoms with Crippen LogP contribution in [0.5, 0.6) is 5.75 Å². The molecule has 0 aliphatic rings. The smallest absolute Gasteiger partial charge is 0.243 e. The van der Waals surface area contributed by atoms with Crippen LogP contribution < -0.4 is 32.2 Å². The van der Waals surface area contributed by atoms with E-state index in [1.807, 2.05) is 0 Å². The summed E-state index contributed by atoms with van der Waals surface area (Å²) in [6, 6.07) is 5.43. The molecule has 182 valence electrons. The van der Waals surface area contributed by atoms with E-state index in [1.54, 1.807) is 30.3 Å². The lowest BCUT2D eigenvalue weighted by atomic mass is 10.0. The van der Waals surface area contributed by atoms with Crippen LogP contribution >= 0.6 is 0 Å². The minimum absolute atomic E-state index is 0.00374. The number of nitrogens with one attached hydrogen (secondary N) is 3. The van der Waals surface area contributed by atoms with Gasteiger partial charge in [-0.1, -0.05) is 24.8 Å². The fourth-order valence-electron chi connectivity index (χ4n) is 3.03. The van der Waals surface area contributed by atoms with E-state index in [1.165, 1.54) is 6.92 Å². The number of nitrogens with two attached hydrogens (primary N) is 2. The van der Waals surface area contributed by atoms with Crippen molar-refractivity contribution in [2.75, 3.05) is 19.7 Å². The third-order valence-corrected chi connectivity index (χ3v) is 4.68. The maximum atomic E-state index is 13.0. The summed E-state index contributed by atoms with van der Waals surface area (Å²) in [6.45, 7) is 5.84. The maximum absolute atomic E-state index is 13.0. The Morgan fingerprint density at radius 3 is 2.33 bits per heavy atom. The van der Waals surface area contributed by atoms with Gasteiger partial charge in [-0.15, -0.1) is 0 Å². The summed E-state index contributed by atoms with van der Waals surface area (Å²) < 4.78 is 5.45. The molecule has 0 bridgehead atoms. The molecule has 4 amide bonds. The van der Waals surface area contributed by atoms with Gasteiger partial charge in [0.05, 0.1) is 0 Å². The maximum Gasteiger partial charge on any atom is 0.243 e. The number of hydrogen-bond acceptors (Lipinski definition) is 6. The Kier molecular flexibility index (Phi) is 12.9. The number of amides is 4. The van der Waals surface area contributed by atoms with Crippen molar-refractivity contribution in [1.29, 1.82) is 0 Å². The second-order valence-electron chi connectivity index (χ2n) is 7.55. The second-order valence-corrected chi connectivity index (χ2v) is 7.55. The zero-order valence-electron chi connectivity index (χ0n) is 19.1. The van der Waals surface area contributed by atoms with Crippen molar-refractivity contribution >= 4 is 23.6 Å². The normalized spacial score (nSPS) is 12.2. The molecule has 1 aromatic rings. The van der Waals surface area contributed by atoms with Crippen molar-refractivity contribution in [2.45, 2.75) is 51.1 Å². The zero-order valence-corrected chi connectivity index (χ0v) is 19.1. The molecular formula is C23H35N5O5. The molecule has 0 unspecified atom stereocenters. The summed E-state index contributed by atoms with van der Waals surface area (Å²) in [6.07, 6.45) is 3.55. The molecule has 0 saturated carbocycles. The summed E-state index contributed by atoms with van der Waals surface area (Å²) in [5, 5.41) is 7.96. The predicted octanol–water partition coefficient (Wildman–Crippen LogP) is -0.0960. The fourth-order valence-corrected chi connectivity index (χ4v) is 3.03. The molecule has 0 saturated heterocycles. The van der Waals surface area contributed by atoms with Crippen molar-refractivity contribution in [3.63, 3.8) is 0 Å². The molecule has 2 atom stereocenters. The summed E-state index contributed by atoms with van der Waals surface area (Å²) in [4.78, 5) is 48.2. The lowest BCUT2D eigenvalue weighted by Gasteiger charge is -2.23. The topological polar surface area (TPSA) is 166 Å². The molecule has 0 spiro atoms. The summed E-state index contributed by atoms with van der Waals surface area (Å²) >= 11 is 0. The van der Waals surface area contributed by atoms with Gasteiger partial charge in [0.2, 0.25) is 23.6 Å². The molecule has 0 radical (unpaired) electrons. The largest absolute Gasteiger partial charge is 0.490 e. The fraction of sp³-hybridized carbons (Fsp3) is 0.478. The lowest BCUT2D eigenvalue weighted by Crippen LogP contribution is -2.54. The Morgan fingerprint density at radius 2 is 1.76 bits per heavy atom. The quantitative estimate of drug-likeness (QED) is 0.170. The first-order valence-corrected chi connectivity index (χ1v) is 10.9. The van der Waals surface area contributed by atoms with Crippen LogP contribution in [0.4, 0.5) is 0 Å². The molecule has 10 heteroatoms. The van der Waals surface area contributed by atoms with Crippen molar-refractivity contribution < 1.29 is 23.9 Å². The van der Waals surface area contributed by atoms with Gasteiger partial charge in [-0.25, -0.2) is 0 Å². The first-order valence-electron chi connectivity index (χ1n) is 10.9. The second kappa shape index (κ2) is 15.4. The zero-order chi connectivity index (χ0) is 24.6. The average molecular weight is 462 g/mol. The number of carbonyl (C=O) groups excluding carboxylic acids is 4.